The lowest BCUT2D eigenvalue weighted by Gasteiger charge is -2.16. The van der Waals surface area contributed by atoms with Crippen LogP contribution in [0.15, 0.2) is 36.4 Å². The summed E-state index contributed by atoms with van der Waals surface area (Å²) >= 11 is 5.91. The quantitative estimate of drug-likeness (QED) is 0.662. The predicted molar refractivity (Wildman–Crippen MR) is 103 cm³/mol. The van der Waals surface area contributed by atoms with E-state index < -0.39 is 12.7 Å². The average Bonchev–Trinajstić information content (AvgIpc) is 2.63. The van der Waals surface area contributed by atoms with Gasteiger partial charge in [0.2, 0.25) is 0 Å². The van der Waals surface area contributed by atoms with Gasteiger partial charge in [0.25, 0.3) is 5.91 Å². The molecule has 28 heavy (non-hydrogen) atoms. The molecule has 1 unspecified atom stereocenters. The van der Waals surface area contributed by atoms with Crippen molar-refractivity contribution in [1.82, 2.24) is 5.32 Å². The highest BCUT2D eigenvalue weighted by Gasteiger charge is 2.16. The van der Waals surface area contributed by atoms with Gasteiger partial charge in [-0.15, -0.1) is 0 Å². The molecule has 2 rings (SSSR count). The van der Waals surface area contributed by atoms with Crippen molar-refractivity contribution in [2.24, 2.45) is 0 Å². The summed E-state index contributed by atoms with van der Waals surface area (Å²) in [5.74, 6) is 0.465. The van der Waals surface area contributed by atoms with Crippen LogP contribution in [0.2, 0.25) is 5.02 Å². The van der Waals surface area contributed by atoms with E-state index in [0.717, 1.165) is 11.1 Å². The highest BCUT2D eigenvalue weighted by Crippen LogP contribution is 2.29. The molecule has 152 valence electrons. The summed E-state index contributed by atoms with van der Waals surface area (Å²) in [5.41, 5.74) is 1.55. The number of hydrogen-bond acceptors (Lipinski definition) is 4. The van der Waals surface area contributed by atoms with Crippen LogP contribution < -0.4 is 19.5 Å². The molecule has 5 nitrogen and oxygen atoms in total. The first kappa shape index (κ1) is 21.8. The third-order valence-electron chi connectivity index (χ3n) is 3.97. The molecule has 0 aliphatic rings. The van der Waals surface area contributed by atoms with Crippen LogP contribution in [0.25, 0.3) is 0 Å². The molecule has 1 atom stereocenters. The lowest BCUT2D eigenvalue weighted by molar-refractivity contribution is -0.127. The summed E-state index contributed by atoms with van der Waals surface area (Å²) in [6.07, 6.45) is -0.268. The van der Waals surface area contributed by atoms with Crippen LogP contribution in [0.4, 0.5) is 8.78 Å². The van der Waals surface area contributed by atoms with Gasteiger partial charge in [-0.05, 0) is 61.7 Å². The normalized spacial score (nSPS) is 11.8. The highest BCUT2D eigenvalue weighted by molar-refractivity contribution is 6.30. The second-order valence-corrected chi connectivity index (χ2v) is 6.51. The van der Waals surface area contributed by atoms with Crippen molar-refractivity contribution in [3.05, 3.63) is 52.5 Å². The van der Waals surface area contributed by atoms with Gasteiger partial charge < -0.3 is 19.5 Å². The van der Waals surface area contributed by atoms with Gasteiger partial charge in [0, 0.05) is 11.6 Å². The SMILES string of the molecule is COc1ccc(CCNC(=O)C(C)Oc2ccc(Cl)cc2C)cc1OC(F)F. The Morgan fingerprint density at radius 1 is 1.11 bits per heavy atom. The summed E-state index contributed by atoms with van der Waals surface area (Å²) in [5, 5.41) is 3.35. The number of benzene rings is 2. The summed E-state index contributed by atoms with van der Waals surface area (Å²) in [4.78, 5) is 12.2. The van der Waals surface area contributed by atoms with Gasteiger partial charge in [-0.2, -0.15) is 8.78 Å². The molecule has 0 saturated carbocycles. The maximum absolute atomic E-state index is 12.5. The van der Waals surface area contributed by atoms with Crippen molar-refractivity contribution in [2.75, 3.05) is 13.7 Å². The number of nitrogens with one attached hydrogen (secondary N) is 1. The Hall–Kier alpha value is -2.54. The Balaban J connectivity index is 1.89. The number of aryl methyl sites for hydroxylation is 1. The first-order chi connectivity index (χ1) is 13.3. The molecule has 0 saturated heterocycles. The molecule has 0 radical (unpaired) electrons. The minimum Gasteiger partial charge on any atom is -0.493 e. The number of hydrogen-bond donors (Lipinski definition) is 1. The third-order valence-corrected chi connectivity index (χ3v) is 4.20. The molecule has 0 heterocycles. The first-order valence-electron chi connectivity index (χ1n) is 8.62. The van der Waals surface area contributed by atoms with Crippen LogP contribution in [0.3, 0.4) is 0 Å². The summed E-state index contributed by atoms with van der Waals surface area (Å²) in [6.45, 7) is 0.852. The Morgan fingerprint density at radius 3 is 2.46 bits per heavy atom. The van der Waals surface area contributed by atoms with Crippen molar-refractivity contribution >= 4 is 17.5 Å². The second kappa shape index (κ2) is 10.1. The fourth-order valence-corrected chi connectivity index (χ4v) is 2.75. The molecule has 2 aromatic rings. The van der Waals surface area contributed by atoms with Crippen molar-refractivity contribution in [2.45, 2.75) is 33.0 Å². The lowest BCUT2D eigenvalue weighted by atomic mass is 10.1. The number of rotatable bonds is 9. The van der Waals surface area contributed by atoms with Crippen LogP contribution in [0, 0.1) is 6.92 Å². The van der Waals surface area contributed by atoms with Crippen molar-refractivity contribution < 1.29 is 27.8 Å². The van der Waals surface area contributed by atoms with Gasteiger partial charge in [-0.25, -0.2) is 0 Å². The van der Waals surface area contributed by atoms with Gasteiger partial charge in [0.15, 0.2) is 17.6 Å². The number of alkyl halides is 2. The van der Waals surface area contributed by atoms with Gasteiger partial charge in [-0.3, -0.25) is 4.79 Å². The molecule has 0 aliphatic carbocycles. The monoisotopic (exact) mass is 413 g/mol. The lowest BCUT2D eigenvalue weighted by Crippen LogP contribution is -2.37. The maximum Gasteiger partial charge on any atom is 0.387 e. The standard InChI is InChI=1S/C20H22ClF2NO4/c1-12-10-15(21)5-7-16(12)27-13(2)19(25)24-9-8-14-4-6-17(26-3)18(11-14)28-20(22)23/h4-7,10-11,13,20H,8-9H2,1-3H3,(H,24,25). The molecular weight excluding hydrogens is 392 g/mol. The molecule has 2 aromatic carbocycles. The Kier molecular flexibility index (Phi) is 7.87. The van der Waals surface area contributed by atoms with E-state index in [1.54, 1.807) is 37.3 Å². The van der Waals surface area contributed by atoms with Crippen molar-refractivity contribution in [3.8, 4) is 17.2 Å². The van der Waals surface area contributed by atoms with Crippen LogP contribution in [-0.4, -0.2) is 32.3 Å². The van der Waals surface area contributed by atoms with E-state index in [2.05, 4.69) is 10.1 Å². The number of carbonyl (C=O) groups is 1. The van der Waals surface area contributed by atoms with Crippen LogP contribution in [-0.2, 0) is 11.2 Å². The van der Waals surface area contributed by atoms with Crippen LogP contribution >= 0.6 is 11.6 Å². The maximum atomic E-state index is 12.5. The van der Waals surface area contributed by atoms with Gasteiger partial charge in [-0.1, -0.05) is 17.7 Å². The molecule has 0 bridgehead atoms. The highest BCUT2D eigenvalue weighted by atomic mass is 35.5. The topological polar surface area (TPSA) is 56.8 Å². The number of amides is 1. The number of ether oxygens (including phenoxy) is 3. The molecular formula is C20H22ClF2NO4. The summed E-state index contributed by atoms with van der Waals surface area (Å²) in [7, 11) is 1.37. The average molecular weight is 414 g/mol. The molecule has 0 fully saturated rings. The number of methoxy groups -OCH3 is 1. The fourth-order valence-electron chi connectivity index (χ4n) is 2.53. The smallest absolute Gasteiger partial charge is 0.387 e. The molecule has 0 spiro atoms. The van der Waals surface area contributed by atoms with E-state index in [4.69, 9.17) is 21.1 Å². The van der Waals surface area contributed by atoms with Crippen LogP contribution in [0.1, 0.15) is 18.1 Å². The Labute approximate surface area is 167 Å². The van der Waals surface area contributed by atoms with Crippen molar-refractivity contribution in [3.63, 3.8) is 0 Å². The zero-order valence-corrected chi connectivity index (χ0v) is 16.6. The van der Waals surface area contributed by atoms with Gasteiger partial charge in [0.05, 0.1) is 7.11 Å². The number of carbonyl (C=O) groups excluding carboxylic acids is 1. The van der Waals surface area contributed by atoms with Gasteiger partial charge >= 0.3 is 6.61 Å². The zero-order valence-electron chi connectivity index (χ0n) is 15.8. The summed E-state index contributed by atoms with van der Waals surface area (Å²) < 4.78 is 40.1. The van der Waals surface area contributed by atoms with E-state index in [-0.39, 0.29) is 17.4 Å². The molecule has 1 N–H and O–H groups in total. The first-order valence-corrected chi connectivity index (χ1v) is 9.00. The largest absolute Gasteiger partial charge is 0.493 e. The Bertz CT molecular complexity index is 817. The van der Waals surface area contributed by atoms with E-state index >= 15 is 0 Å². The van der Waals surface area contributed by atoms with Crippen LogP contribution in [0.5, 0.6) is 17.2 Å². The molecule has 1 amide bonds. The fraction of sp³-hybridized carbons (Fsp3) is 0.350. The molecule has 8 heteroatoms. The molecule has 0 aromatic heterocycles. The number of halogens is 3. The second-order valence-electron chi connectivity index (χ2n) is 6.07. The molecule has 0 aliphatic heterocycles. The minimum atomic E-state index is -2.95. The van der Waals surface area contributed by atoms with E-state index in [1.807, 2.05) is 6.92 Å². The van der Waals surface area contributed by atoms with E-state index in [0.29, 0.717) is 23.7 Å². The summed E-state index contributed by atoms with van der Waals surface area (Å²) in [6, 6.07) is 9.89. The Morgan fingerprint density at radius 2 is 1.82 bits per heavy atom. The van der Waals surface area contributed by atoms with E-state index in [1.165, 1.54) is 13.2 Å². The van der Waals surface area contributed by atoms with E-state index in [9.17, 15) is 13.6 Å². The minimum absolute atomic E-state index is 0.0451. The van der Waals surface area contributed by atoms with Crippen molar-refractivity contribution in [1.29, 1.82) is 0 Å². The third kappa shape index (κ3) is 6.27. The van der Waals surface area contributed by atoms with Gasteiger partial charge in [0.1, 0.15) is 5.75 Å². The zero-order chi connectivity index (χ0) is 20.7. The predicted octanol–water partition coefficient (Wildman–Crippen LogP) is 4.38.